The number of likely N-dealkylation sites (N-methyl/N-ethyl adjacent to an activating group) is 1. The fraction of sp³-hybridized carbons (Fsp3) is 0.625. The SMILES string of the molecule is CCCC(=O)OC(=O)N(C)CC(=O)O. The highest BCUT2D eigenvalue weighted by atomic mass is 16.6. The van der Waals surface area contributed by atoms with Crippen LogP contribution in [0, 0.1) is 0 Å². The van der Waals surface area contributed by atoms with Crippen molar-refractivity contribution in [3.8, 4) is 0 Å². The molecule has 0 heterocycles. The molecule has 0 rings (SSSR count). The fourth-order valence-corrected chi connectivity index (χ4v) is 0.698. The van der Waals surface area contributed by atoms with Crippen LogP contribution in [0.1, 0.15) is 19.8 Å². The van der Waals surface area contributed by atoms with Crippen molar-refractivity contribution in [3.63, 3.8) is 0 Å². The quantitative estimate of drug-likeness (QED) is 0.530. The Balaban J connectivity index is 3.95. The molecule has 80 valence electrons. The molecule has 6 nitrogen and oxygen atoms in total. The van der Waals surface area contributed by atoms with E-state index in [0.717, 1.165) is 4.90 Å². The maximum atomic E-state index is 11.0. The number of hydrogen-bond donors (Lipinski definition) is 1. The zero-order chi connectivity index (χ0) is 11.1. The van der Waals surface area contributed by atoms with Crippen molar-refractivity contribution in [1.82, 2.24) is 4.90 Å². The minimum absolute atomic E-state index is 0.145. The van der Waals surface area contributed by atoms with Crippen LogP contribution in [0.2, 0.25) is 0 Å². The number of carbonyl (C=O) groups excluding carboxylic acids is 2. The molecule has 0 fully saturated rings. The predicted molar refractivity (Wildman–Crippen MR) is 46.7 cm³/mol. The summed E-state index contributed by atoms with van der Waals surface area (Å²) in [5.41, 5.74) is 0. The van der Waals surface area contributed by atoms with Gasteiger partial charge in [0, 0.05) is 13.5 Å². The van der Waals surface area contributed by atoms with E-state index in [1.807, 2.05) is 0 Å². The van der Waals surface area contributed by atoms with Gasteiger partial charge in [-0.1, -0.05) is 6.92 Å². The Bertz CT molecular complexity index is 238. The van der Waals surface area contributed by atoms with Crippen molar-refractivity contribution in [2.24, 2.45) is 0 Å². The van der Waals surface area contributed by atoms with Crippen LogP contribution in [0.3, 0.4) is 0 Å². The number of carboxylic acid groups (broad SMARTS) is 1. The van der Waals surface area contributed by atoms with Gasteiger partial charge in [-0.2, -0.15) is 0 Å². The van der Waals surface area contributed by atoms with Gasteiger partial charge in [0.2, 0.25) is 0 Å². The van der Waals surface area contributed by atoms with Crippen molar-refractivity contribution in [3.05, 3.63) is 0 Å². The number of hydrogen-bond acceptors (Lipinski definition) is 4. The molecule has 1 N–H and O–H groups in total. The van der Waals surface area contributed by atoms with Crippen molar-refractivity contribution < 1.29 is 24.2 Å². The second-order valence-corrected chi connectivity index (χ2v) is 2.74. The third-order valence-corrected chi connectivity index (χ3v) is 1.34. The highest BCUT2D eigenvalue weighted by molar-refractivity contribution is 5.86. The molecule has 0 aliphatic heterocycles. The molecule has 0 saturated heterocycles. The van der Waals surface area contributed by atoms with Crippen LogP contribution in [0.5, 0.6) is 0 Å². The zero-order valence-electron chi connectivity index (χ0n) is 8.15. The molecular weight excluding hydrogens is 190 g/mol. The van der Waals surface area contributed by atoms with Crippen molar-refractivity contribution >= 4 is 18.0 Å². The van der Waals surface area contributed by atoms with Crippen molar-refractivity contribution in [1.29, 1.82) is 0 Å². The maximum Gasteiger partial charge on any atom is 0.417 e. The summed E-state index contributed by atoms with van der Waals surface area (Å²) in [6.07, 6.45) is -0.215. The molecule has 0 aromatic heterocycles. The van der Waals surface area contributed by atoms with E-state index >= 15 is 0 Å². The number of ether oxygens (including phenoxy) is 1. The first-order valence-electron chi connectivity index (χ1n) is 4.15. The van der Waals surface area contributed by atoms with Crippen LogP contribution in [-0.4, -0.2) is 41.6 Å². The van der Waals surface area contributed by atoms with Gasteiger partial charge >= 0.3 is 18.0 Å². The summed E-state index contributed by atoms with van der Waals surface area (Å²) in [5.74, 6) is -1.80. The molecule has 6 heteroatoms. The van der Waals surface area contributed by atoms with Gasteiger partial charge in [-0.3, -0.25) is 14.5 Å². The average Bonchev–Trinajstić information content (AvgIpc) is 2.02. The van der Waals surface area contributed by atoms with Gasteiger partial charge in [0.05, 0.1) is 0 Å². The number of amides is 1. The lowest BCUT2D eigenvalue weighted by molar-refractivity contribution is -0.141. The number of nitrogens with zero attached hydrogens (tertiary/aromatic N) is 1. The number of rotatable bonds is 4. The predicted octanol–water partition coefficient (Wildman–Crippen LogP) is 0.466. The summed E-state index contributed by atoms with van der Waals surface area (Å²) >= 11 is 0. The topological polar surface area (TPSA) is 83.9 Å². The lowest BCUT2D eigenvalue weighted by Gasteiger charge is -2.12. The van der Waals surface area contributed by atoms with E-state index in [1.165, 1.54) is 7.05 Å². The van der Waals surface area contributed by atoms with Crippen LogP contribution in [0.25, 0.3) is 0 Å². The van der Waals surface area contributed by atoms with Crippen LogP contribution >= 0.6 is 0 Å². The Morgan fingerprint density at radius 3 is 2.36 bits per heavy atom. The molecule has 1 amide bonds. The van der Waals surface area contributed by atoms with E-state index < -0.39 is 24.6 Å². The third-order valence-electron chi connectivity index (χ3n) is 1.34. The summed E-state index contributed by atoms with van der Waals surface area (Å²) in [5, 5.41) is 8.34. The Labute approximate surface area is 81.4 Å². The number of carbonyl (C=O) groups is 3. The highest BCUT2D eigenvalue weighted by Gasteiger charge is 2.16. The second-order valence-electron chi connectivity index (χ2n) is 2.74. The Hall–Kier alpha value is -1.59. The molecule has 0 aromatic rings. The van der Waals surface area contributed by atoms with E-state index in [0.29, 0.717) is 6.42 Å². The van der Waals surface area contributed by atoms with E-state index in [4.69, 9.17) is 5.11 Å². The molecule has 0 unspecified atom stereocenters. The zero-order valence-corrected chi connectivity index (χ0v) is 8.15. The molecule has 0 bridgehead atoms. The molecule has 0 atom stereocenters. The monoisotopic (exact) mass is 203 g/mol. The van der Waals surface area contributed by atoms with E-state index in [9.17, 15) is 14.4 Å². The van der Waals surface area contributed by atoms with Gasteiger partial charge in [0.25, 0.3) is 0 Å². The van der Waals surface area contributed by atoms with Gasteiger partial charge < -0.3 is 9.84 Å². The molecule has 0 aliphatic rings. The molecule has 0 aromatic carbocycles. The standard InChI is InChI=1S/C8H13NO5/c1-3-4-7(12)14-8(13)9(2)5-6(10)11/h3-5H2,1-2H3,(H,10,11). The lowest BCUT2D eigenvalue weighted by Crippen LogP contribution is -2.33. The second kappa shape index (κ2) is 5.95. The lowest BCUT2D eigenvalue weighted by atomic mass is 10.3. The van der Waals surface area contributed by atoms with Crippen LogP contribution in [0.4, 0.5) is 4.79 Å². The molecule has 0 saturated carbocycles. The first-order chi connectivity index (χ1) is 6.47. The van der Waals surface area contributed by atoms with Gasteiger partial charge in [-0.05, 0) is 6.42 Å². The van der Waals surface area contributed by atoms with Crippen molar-refractivity contribution in [2.45, 2.75) is 19.8 Å². The van der Waals surface area contributed by atoms with Crippen molar-refractivity contribution in [2.75, 3.05) is 13.6 Å². The van der Waals surface area contributed by atoms with E-state index in [2.05, 4.69) is 4.74 Å². The number of aliphatic carboxylic acids is 1. The largest absolute Gasteiger partial charge is 0.480 e. The highest BCUT2D eigenvalue weighted by Crippen LogP contribution is 1.95. The normalized spacial score (nSPS) is 9.29. The Morgan fingerprint density at radius 2 is 1.93 bits per heavy atom. The minimum Gasteiger partial charge on any atom is -0.480 e. The molecule has 0 radical (unpaired) electrons. The number of esters is 1. The van der Waals surface area contributed by atoms with E-state index in [1.54, 1.807) is 6.92 Å². The first kappa shape index (κ1) is 12.4. The Morgan fingerprint density at radius 1 is 1.36 bits per heavy atom. The summed E-state index contributed by atoms with van der Waals surface area (Å²) in [7, 11) is 1.25. The minimum atomic E-state index is -1.16. The molecular formula is C8H13NO5. The van der Waals surface area contributed by atoms with Crippen LogP contribution < -0.4 is 0 Å². The average molecular weight is 203 g/mol. The number of carboxylic acids is 1. The van der Waals surface area contributed by atoms with Gasteiger partial charge in [0.1, 0.15) is 6.54 Å². The Kier molecular flexibility index (Phi) is 5.28. The van der Waals surface area contributed by atoms with Crippen LogP contribution in [0.15, 0.2) is 0 Å². The molecule has 0 spiro atoms. The van der Waals surface area contributed by atoms with E-state index in [-0.39, 0.29) is 6.42 Å². The fourth-order valence-electron chi connectivity index (χ4n) is 0.698. The third kappa shape index (κ3) is 5.13. The smallest absolute Gasteiger partial charge is 0.417 e. The molecule has 0 aliphatic carbocycles. The van der Waals surface area contributed by atoms with Gasteiger partial charge in [0.15, 0.2) is 0 Å². The summed E-state index contributed by atoms with van der Waals surface area (Å²) in [4.78, 5) is 32.8. The van der Waals surface area contributed by atoms with Crippen LogP contribution in [-0.2, 0) is 14.3 Å². The van der Waals surface area contributed by atoms with Gasteiger partial charge in [-0.25, -0.2) is 4.79 Å². The maximum absolute atomic E-state index is 11.0. The molecule has 14 heavy (non-hydrogen) atoms. The van der Waals surface area contributed by atoms with Gasteiger partial charge in [-0.15, -0.1) is 0 Å². The summed E-state index contributed by atoms with van der Waals surface area (Å²) < 4.78 is 4.34. The summed E-state index contributed by atoms with van der Waals surface area (Å²) in [6, 6.07) is 0. The summed E-state index contributed by atoms with van der Waals surface area (Å²) in [6.45, 7) is 1.28. The first-order valence-corrected chi connectivity index (χ1v) is 4.15.